The molecule has 4 nitrogen and oxygen atoms in total. The van der Waals surface area contributed by atoms with Crippen LogP contribution in [0.3, 0.4) is 0 Å². The van der Waals surface area contributed by atoms with Crippen molar-refractivity contribution < 1.29 is 14.6 Å². The van der Waals surface area contributed by atoms with Gasteiger partial charge in [0.25, 0.3) is 0 Å². The Hall–Kier alpha value is -1.23. The molecule has 15 heavy (non-hydrogen) atoms. The molecule has 0 bridgehead atoms. The van der Waals surface area contributed by atoms with Crippen LogP contribution < -0.4 is 5.73 Å². The molecule has 3 N–H and O–H groups in total. The van der Waals surface area contributed by atoms with Gasteiger partial charge in [-0.15, -0.1) is 0 Å². The summed E-state index contributed by atoms with van der Waals surface area (Å²) in [7, 11) is 1.43. The largest absolute Gasteiger partial charge is 0.389 e. The minimum absolute atomic E-state index is 0.558. The van der Waals surface area contributed by atoms with E-state index in [1.165, 1.54) is 7.11 Å². The lowest BCUT2D eigenvalue weighted by Gasteiger charge is -2.31. The van der Waals surface area contributed by atoms with Gasteiger partial charge in [-0.3, -0.25) is 10.5 Å². The molecule has 1 rings (SSSR count). The van der Waals surface area contributed by atoms with E-state index in [1.54, 1.807) is 31.2 Å². The zero-order valence-corrected chi connectivity index (χ0v) is 8.81. The summed E-state index contributed by atoms with van der Waals surface area (Å²) in [6, 6.07) is 6.59. The Balaban J connectivity index is 3.08. The fourth-order valence-electron chi connectivity index (χ4n) is 1.35. The molecule has 0 saturated carbocycles. The number of aliphatic hydroxyl groups excluding tert-OH is 1. The Morgan fingerprint density at radius 3 is 2.33 bits per heavy atom. The molecule has 0 aliphatic carbocycles. The minimum atomic E-state index is -1.23. The Morgan fingerprint density at radius 2 is 2.00 bits per heavy atom. The van der Waals surface area contributed by atoms with Crippen molar-refractivity contribution in [3.05, 3.63) is 35.4 Å². The zero-order chi connectivity index (χ0) is 11.5. The highest BCUT2D eigenvalue weighted by atomic mass is 16.5. The lowest BCUT2D eigenvalue weighted by Crippen LogP contribution is -2.48. The van der Waals surface area contributed by atoms with Gasteiger partial charge in [0.2, 0.25) is 0 Å². The topological polar surface area (TPSA) is 72.5 Å². The van der Waals surface area contributed by atoms with E-state index < -0.39 is 11.8 Å². The second-order valence-electron chi connectivity index (χ2n) is 3.41. The first-order chi connectivity index (χ1) is 7.04. The van der Waals surface area contributed by atoms with Crippen molar-refractivity contribution in [1.29, 1.82) is 0 Å². The number of nitrogens with two attached hydrogens (primary N) is 1. The van der Waals surface area contributed by atoms with E-state index in [4.69, 9.17) is 10.5 Å². The van der Waals surface area contributed by atoms with Gasteiger partial charge < -0.3 is 9.84 Å². The quantitative estimate of drug-likeness (QED) is 0.563. The van der Waals surface area contributed by atoms with Crippen molar-refractivity contribution in [3.8, 4) is 0 Å². The fourth-order valence-corrected chi connectivity index (χ4v) is 1.35. The van der Waals surface area contributed by atoms with E-state index in [1.807, 2.05) is 0 Å². The molecule has 0 aliphatic heterocycles. The van der Waals surface area contributed by atoms with Crippen LogP contribution in [0.2, 0.25) is 0 Å². The van der Waals surface area contributed by atoms with Crippen LogP contribution in [0.15, 0.2) is 24.3 Å². The summed E-state index contributed by atoms with van der Waals surface area (Å²) >= 11 is 0. The predicted molar refractivity (Wildman–Crippen MR) is 56.4 cm³/mol. The second-order valence-corrected chi connectivity index (χ2v) is 3.41. The van der Waals surface area contributed by atoms with Crippen LogP contribution in [0.1, 0.15) is 22.8 Å². The summed E-state index contributed by atoms with van der Waals surface area (Å²) < 4.78 is 5.10. The third kappa shape index (κ3) is 2.23. The van der Waals surface area contributed by atoms with E-state index in [-0.39, 0.29) is 0 Å². The van der Waals surface area contributed by atoms with Crippen LogP contribution >= 0.6 is 0 Å². The lowest BCUT2D eigenvalue weighted by atomic mass is 9.97. The standard InChI is InChI=1S/C11H15NO3/c1-8(14)11(12,15-2)10-5-3-9(7-13)4-6-10/h3-8,14H,12H2,1-2H3/t8-,11+/m0/s1. The van der Waals surface area contributed by atoms with Crippen LogP contribution in [-0.2, 0) is 10.5 Å². The molecule has 82 valence electrons. The summed E-state index contributed by atoms with van der Waals surface area (Å²) in [4.78, 5) is 10.5. The van der Waals surface area contributed by atoms with Gasteiger partial charge in [-0.25, -0.2) is 0 Å². The van der Waals surface area contributed by atoms with Gasteiger partial charge in [-0.05, 0) is 6.92 Å². The SMILES string of the molecule is CO[C@@](N)(c1ccc(C=O)cc1)[C@H](C)O. The molecule has 0 fully saturated rings. The van der Waals surface area contributed by atoms with Crippen LogP contribution in [0.4, 0.5) is 0 Å². The molecule has 4 heteroatoms. The molecule has 0 aliphatic rings. The first-order valence-corrected chi connectivity index (χ1v) is 4.62. The van der Waals surface area contributed by atoms with Gasteiger partial charge in [-0.1, -0.05) is 24.3 Å². The monoisotopic (exact) mass is 209 g/mol. The molecule has 0 heterocycles. The molecule has 2 atom stereocenters. The maximum atomic E-state index is 10.5. The van der Waals surface area contributed by atoms with Crippen LogP contribution in [-0.4, -0.2) is 24.6 Å². The third-order valence-corrected chi connectivity index (χ3v) is 2.46. The molecule has 0 aromatic heterocycles. The normalized spacial score (nSPS) is 16.8. The van der Waals surface area contributed by atoms with E-state index in [0.717, 1.165) is 6.29 Å². The van der Waals surface area contributed by atoms with Crippen LogP contribution in [0.5, 0.6) is 0 Å². The zero-order valence-electron chi connectivity index (χ0n) is 8.81. The molecule has 1 aromatic rings. The Labute approximate surface area is 88.7 Å². The van der Waals surface area contributed by atoms with Crippen molar-refractivity contribution in [2.24, 2.45) is 5.73 Å². The number of hydrogen-bond acceptors (Lipinski definition) is 4. The molecule has 0 unspecified atom stereocenters. The Kier molecular flexibility index (Phi) is 3.57. The van der Waals surface area contributed by atoms with Gasteiger partial charge >= 0.3 is 0 Å². The summed E-state index contributed by atoms with van der Waals surface area (Å²) in [5.41, 5.74) is 5.85. The fraction of sp³-hybridized carbons (Fsp3) is 0.364. The van der Waals surface area contributed by atoms with E-state index >= 15 is 0 Å². The molecular formula is C11H15NO3. The van der Waals surface area contributed by atoms with E-state index in [2.05, 4.69) is 0 Å². The van der Waals surface area contributed by atoms with Crippen molar-refractivity contribution >= 4 is 6.29 Å². The first kappa shape index (κ1) is 11.8. The number of carbonyl (C=O) groups excluding carboxylic acids is 1. The second kappa shape index (κ2) is 4.53. The summed E-state index contributed by atoms with van der Waals surface area (Å²) in [6.07, 6.45) is -0.0958. The van der Waals surface area contributed by atoms with Crippen molar-refractivity contribution in [2.75, 3.05) is 7.11 Å². The number of aldehydes is 1. The minimum Gasteiger partial charge on any atom is -0.389 e. The molecule has 0 amide bonds. The number of hydrogen-bond donors (Lipinski definition) is 2. The number of carbonyl (C=O) groups is 1. The van der Waals surface area contributed by atoms with Crippen molar-refractivity contribution in [2.45, 2.75) is 18.8 Å². The number of aliphatic hydroxyl groups is 1. The third-order valence-electron chi connectivity index (χ3n) is 2.46. The van der Waals surface area contributed by atoms with Gasteiger partial charge in [0, 0.05) is 18.2 Å². The average Bonchev–Trinajstić information content (AvgIpc) is 2.28. The van der Waals surface area contributed by atoms with Crippen LogP contribution in [0.25, 0.3) is 0 Å². The van der Waals surface area contributed by atoms with Gasteiger partial charge in [0.15, 0.2) is 5.72 Å². The van der Waals surface area contributed by atoms with Crippen LogP contribution in [0, 0.1) is 0 Å². The maximum Gasteiger partial charge on any atom is 0.168 e. The molecule has 1 aromatic carbocycles. The van der Waals surface area contributed by atoms with Gasteiger partial charge in [-0.2, -0.15) is 0 Å². The number of methoxy groups -OCH3 is 1. The Morgan fingerprint density at radius 1 is 1.47 bits per heavy atom. The number of benzene rings is 1. The summed E-state index contributed by atoms with van der Waals surface area (Å²) in [5, 5.41) is 9.53. The van der Waals surface area contributed by atoms with Gasteiger partial charge in [0.05, 0.1) is 6.10 Å². The van der Waals surface area contributed by atoms with E-state index in [9.17, 15) is 9.90 Å². The smallest absolute Gasteiger partial charge is 0.168 e. The highest BCUT2D eigenvalue weighted by molar-refractivity contribution is 5.74. The predicted octanol–water partition coefficient (Wildman–Crippen LogP) is 0.638. The molecular weight excluding hydrogens is 194 g/mol. The highest BCUT2D eigenvalue weighted by Gasteiger charge is 2.32. The average molecular weight is 209 g/mol. The van der Waals surface area contributed by atoms with Crippen molar-refractivity contribution in [3.63, 3.8) is 0 Å². The number of rotatable bonds is 4. The highest BCUT2D eigenvalue weighted by Crippen LogP contribution is 2.23. The molecule has 0 radical (unpaired) electrons. The van der Waals surface area contributed by atoms with Gasteiger partial charge in [0.1, 0.15) is 6.29 Å². The molecule has 0 spiro atoms. The lowest BCUT2D eigenvalue weighted by molar-refractivity contribution is -0.0970. The summed E-state index contributed by atoms with van der Waals surface area (Å²) in [5.74, 6) is 0. The number of ether oxygens (including phenoxy) is 1. The summed E-state index contributed by atoms with van der Waals surface area (Å²) in [6.45, 7) is 1.55. The maximum absolute atomic E-state index is 10.5. The van der Waals surface area contributed by atoms with Crippen molar-refractivity contribution in [1.82, 2.24) is 0 Å². The Bertz CT molecular complexity index is 334. The molecule has 0 saturated heterocycles. The van der Waals surface area contributed by atoms with E-state index in [0.29, 0.717) is 11.1 Å². The first-order valence-electron chi connectivity index (χ1n) is 4.62.